The molecule has 8 heavy (non-hydrogen) atoms. The van der Waals surface area contributed by atoms with Gasteiger partial charge in [0, 0.05) is 0 Å². The lowest BCUT2D eigenvalue weighted by atomic mass is 10.3. The SMILES string of the molecule is CCCC[N+]1=C(N)N1. The van der Waals surface area contributed by atoms with Gasteiger partial charge in [0.1, 0.15) is 6.54 Å². The van der Waals surface area contributed by atoms with E-state index >= 15 is 0 Å². The van der Waals surface area contributed by atoms with Crippen LogP contribution in [0.5, 0.6) is 0 Å². The van der Waals surface area contributed by atoms with Crippen LogP contribution in [0, 0.1) is 0 Å². The lowest BCUT2D eigenvalue weighted by Gasteiger charge is -1.82. The van der Waals surface area contributed by atoms with E-state index in [2.05, 4.69) is 12.3 Å². The molecule has 0 radical (unpaired) electrons. The molecule has 0 aromatic rings. The Hall–Kier alpha value is -0.730. The van der Waals surface area contributed by atoms with Gasteiger partial charge >= 0.3 is 5.96 Å². The van der Waals surface area contributed by atoms with Gasteiger partial charge in [0.05, 0.1) is 0 Å². The van der Waals surface area contributed by atoms with Gasteiger partial charge in [-0.1, -0.05) is 13.3 Å². The van der Waals surface area contributed by atoms with Crippen LogP contribution in [0.2, 0.25) is 0 Å². The fourth-order valence-corrected chi connectivity index (χ4v) is 0.606. The molecule has 3 nitrogen and oxygen atoms in total. The Balaban J connectivity index is 2.05. The van der Waals surface area contributed by atoms with Crippen LogP contribution in [-0.2, 0) is 0 Å². The van der Waals surface area contributed by atoms with E-state index in [4.69, 9.17) is 5.73 Å². The largest absolute Gasteiger partial charge is 0.410 e. The summed E-state index contributed by atoms with van der Waals surface area (Å²) in [5, 5.41) is 0. The third kappa shape index (κ3) is 1.12. The summed E-state index contributed by atoms with van der Waals surface area (Å²) in [7, 11) is 0. The highest BCUT2D eigenvalue weighted by atomic mass is 15.6. The number of nitrogens with two attached hydrogens (primary N) is 1. The van der Waals surface area contributed by atoms with E-state index in [0.29, 0.717) is 0 Å². The summed E-state index contributed by atoms with van der Waals surface area (Å²) in [5.74, 6) is 0.818. The van der Waals surface area contributed by atoms with Crippen LogP contribution in [0.25, 0.3) is 0 Å². The summed E-state index contributed by atoms with van der Waals surface area (Å²) in [4.78, 5) is 0. The zero-order valence-electron chi connectivity index (χ0n) is 5.15. The number of hydrazine groups is 1. The molecule has 46 valence electrons. The predicted octanol–water partition coefficient (Wildman–Crippen LogP) is -0.368. The fourth-order valence-electron chi connectivity index (χ4n) is 0.606. The molecule has 3 heteroatoms. The zero-order chi connectivity index (χ0) is 5.98. The minimum Gasteiger partial charge on any atom is -0.285 e. The van der Waals surface area contributed by atoms with Gasteiger partial charge in [0.2, 0.25) is 0 Å². The average Bonchev–Trinajstić information content (AvgIpc) is 2.42. The molecular formula is C5H12N3+. The van der Waals surface area contributed by atoms with Gasteiger partial charge in [0.25, 0.3) is 0 Å². The molecule has 3 N–H and O–H groups in total. The quantitative estimate of drug-likeness (QED) is 0.492. The van der Waals surface area contributed by atoms with Crippen molar-refractivity contribution in [1.82, 2.24) is 5.43 Å². The maximum Gasteiger partial charge on any atom is 0.410 e. The first-order valence-electron chi connectivity index (χ1n) is 3.01. The number of nitrogens with one attached hydrogen (secondary N) is 1. The molecule has 0 aromatic heterocycles. The van der Waals surface area contributed by atoms with Gasteiger partial charge in [-0.05, 0) is 6.42 Å². The topological polar surface area (TPSA) is 51.0 Å². The molecule has 0 unspecified atom stereocenters. The number of hydrazone groups is 1. The smallest absolute Gasteiger partial charge is 0.285 e. The molecule has 0 atom stereocenters. The highest BCUT2D eigenvalue weighted by Crippen LogP contribution is 1.90. The molecule has 0 bridgehead atoms. The van der Waals surface area contributed by atoms with Gasteiger partial charge in [-0.3, -0.25) is 5.73 Å². The molecule has 0 aromatic carbocycles. The monoisotopic (exact) mass is 114 g/mol. The van der Waals surface area contributed by atoms with E-state index < -0.39 is 0 Å². The third-order valence-electron chi connectivity index (χ3n) is 1.23. The Morgan fingerprint density at radius 3 is 2.75 bits per heavy atom. The number of nitrogens with zero attached hydrogens (tertiary/aromatic N) is 1. The van der Waals surface area contributed by atoms with Gasteiger partial charge in [0.15, 0.2) is 0 Å². The molecule has 0 spiro atoms. The number of guanidine groups is 1. The number of hydrogen-bond acceptors (Lipinski definition) is 2. The summed E-state index contributed by atoms with van der Waals surface area (Å²) in [5.41, 5.74) is 8.23. The fraction of sp³-hybridized carbons (Fsp3) is 0.800. The van der Waals surface area contributed by atoms with Crippen LogP contribution >= 0.6 is 0 Å². The van der Waals surface area contributed by atoms with E-state index in [1.807, 2.05) is 4.68 Å². The van der Waals surface area contributed by atoms with E-state index in [1.165, 1.54) is 12.8 Å². The van der Waals surface area contributed by atoms with Gasteiger partial charge in [-0.25, -0.2) is 0 Å². The van der Waals surface area contributed by atoms with Crippen LogP contribution < -0.4 is 11.2 Å². The van der Waals surface area contributed by atoms with Crippen molar-refractivity contribution in [3.05, 3.63) is 0 Å². The van der Waals surface area contributed by atoms with Crippen molar-refractivity contribution < 1.29 is 4.68 Å². The standard InChI is InChI=1S/C5H11N3/c1-2-3-4-8-5(6)7-8/h2-4H2,1H3,(H2,6,7)/p+1. The van der Waals surface area contributed by atoms with Crippen molar-refractivity contribution in [2.24, 2.45) is 5.73 Å². The zero-order valence-corrected chi connectivity index (χ0v) is 5.15. The summed E-state index contributed by atoms with van der Waals surface area (Å²) in [6.45, 7) is 3.22. The van der Waals surface area contributed by atoms with E-state index in [0.717, 1.165) is 12.5 Å². The van der Waals surface area contributed by atoms with Crippen molar-refractivity contribution in [3.8, 4) is 0 Å². The van der Waals surface area contributed by atoms with Crippen molar-refractivity contribution >= 4 is 5.96 Å². The Kier molecular flexibility index (Phi) is 1.37. The first-order valence-corrected chi connectivity index (χ1v) is 3.01. The number of rotatable bonds is 3. The van der Waals surface area contributed by atoms with Crippen molar-refractivity contribution in [3.63, 3.8) is 0 Å². The number of unbranched alkanes of at least 4 members (excludes halogenated alkanes) is 1. The van der Waals surface area contributed by atoms with Crippen LogP contribution in [0.15, 0.2) is 0 Å². The molecule has 1 rings (SSSR count). The molecule has 0 saturated heterocycles. The Bertz CT molecular complexity index is 117. The Labute approximate surface area is 49.2 Å². The molecular weight excluding hydrogens is 102 g/mol. The van der Waals surface area contributed by atoms with Crippen molar-refractivity contribution in [2.45, 2.75) is 19.8 Å². The average molecular weight is 114 g/mol. The maximum atomic E-state index is 5.34. The van der Waals surface area contributed by atoms with Gasteiger partial charge in [-0.2, -0.15) is 0 Å². The second-order valence-electron chi connectivity index (χ2n) is 2.00. The summed E-state index contributed by atoms with van der Waals surface area (Å²) in [6, 6.07) is 0. The highest BCUT2D eigenvalue weighted by molar-refractivity contribution is 5.77. The van der Waals surface area contributed by atoms with Gasteiger partial charge < -0.3 is 0 Å². The summed E-state index contributed by atoms with van der Waals surface area (Å²) in [6.07, 6.45) is 2.44. The molecule has 0 amide bonds. The molecule has 0 aliphatic carbocycles. The summed E-state index contributed by atoms with van der Waals surface area (Å²) < 4.78 is 1.95. The van der Waals surface area contributed by atoms with Crippen LogP contribution in [-0.4, -0.2) is 17.2 Å². The molecule has 1 aliphatic heterocycles. The predicted molar refractivity (Wildman–Crippen MR) is 32.4 cm³/mol. The molecule has 1 heterocycles. The first kappa shape index (κ1) is 5.41. The molecule has 0 saturated carbocycles. The lowest BCUT2D eigenvalue weighted by Crippen LogP contribution is -2.04. The van der Waals surface area contributed by atoms with Crippen molar-refractivity contribution in [2.75, 3.05) is 6.54 Å². The maximum absolute atomic E-state index is 5.34. The van der Waals surface area contributed by atoms with E-state index in [1.54, 1.807) is 0 Å². The van der Waals surface area contributed by atoms with E-state index in [-0.39, 0.29) is 0 Å². The van der Waals surface area contributed by atoms with Crippen LogP contribution in [0.1, 0.15) is 19.8 Å². The van der Waals surface area contributed by atoms with Crippen LogP contribution in [0.4, 0.5) is 0 Å². The highest BCUT2D eigenvalue weighted by Gasteiger charge is 2.24. The summed E-state index contributed by atoms with van der Waals surface area (Å²) >= 11 is 0. The normalized spacial score (nSPS) is 16.1. The second kappa shape index (κ2) is 2.03. The third-order valence-corrected chi connectivity index (χ3v) is 1.23. The van der Waals surface area contributed by atoms with Crippen LogP contribution in [0.3, 0.4) is 0 Å². The minimum atomic E-state index is 0.818. The minimum absolute atomic E-state index is 0.818. The van der Waals surface area contributed by atoms with Crippen molar-refractivity contribution in [1.29, 1.82) is 0 Å². The first-order chi connectivity index (χ1) is 3.84. The molecule has 0 fully saturated rings. The van der Waals surface area contributed by atoms with E-state index in [9.17, 15) is 0 Å². The second-order valence-corrected chi connectivity index (χ2v) is 2.00. The lowest BCUT2D eigenvalue weighted by molar-refractivity contribution is -0.488. The molecule has 1 aliphatic rings. The Morgan fingerprint density at radius 2 is 2.38 bits per heavy atom. The Morgan fingerprint density at radius 1 is 1.75 bits per heavy atom. The number of hydrogen-bond donors (Lipinski definition) is 2. The van der Waals surface area contributed by atoms with Gasteiger partial charge in [-0.15, -0.1) is 10.1 Å².